The Labute approximate surface area is 97.2 Å². The third-order valence-electron chi connectivity index (χ3n) is 2.10. The van der Waals surface area contributed by atoms with Crippen LogP contribution >= 0.6 is 15.9 Å². The molecule has 0 aliphatic heterocycles. The molecule has 0 atom stereocenters. The molecule has 4 heteroatoms. The van der Waals surface area contributed by atoms with Gasteiger partial charge in [-0.1, -0.05) is 28.1 Å². The summed E-state index contributed by atoms with van der Waals surface area (Å²) < 4.78 is 1.02. The molecule has 0 heterocycles. The first-order chi connectivity index (χ1) is 7.13. The lowest BCUT2D eigenvalue weighted by atomic mass is 10.1. The van der Waals surface area contributed by atoms with Gasteiger partial charge in [-0.3, -0.25) is 9.59 Å². The molecular weight excluding hydrogens is 258 g/mol. The van der Waals surface area contributed by atoms with Gasteiger partial charge in [0.25, 0.3) is 5.91 Å². The number of aldehydes is 1. The van der Waals surface area contributed by atoms with Crippen LogP contribution < -0.4 is 0 Å². The molecule has 0 fully saturated rings. The summed E-state index contributed by atoms with van der Waals surface area (Å²) in [6, 6.07) is 7.88. The van der Waals surface area contributed by atoms with Gasteiger partial charge in [-0.25, -0.2) is 0 Å². The van der Waals surface area contributed by atoms with Gasteiger partial charge in [-0.15, -0.1) is 0 Å². The number of carbonyl (C=O) groups is 2. The van der Waals surface area contributed by atoms with Crippen LogP contribution in [0, 0.1) is 0 Å². The second kappa shape index (κ2) is 5.66. The first kappa shape index (κ1) is 11.9. The fraction of sp³-hybridized carbons (Fsp3) is 0.273. The quantitative estimate of drug-likeness (QED) is 0.616. The van der Waals surface area contributed by atoms with Gasteiger partial charge in [-0.2, -0.15) is 0 Å². The van der Waals surface area contributed by atoms with E-state index in [4.69, 9.17) is 0 Å². The Morgan fingerprint density at radius 1 is 1.53 bits per heavy atom. The number of rotatable bonds is 4. The van der Waals surface area contributed by atoms with E-state index >= 15 is 0 Å². The first-order valence-electron chi connectivity index (χ1n) is 4.58. The summed E-state index contributed by atoms with van der Waals surface area (Å²) in [6.45, 7) is 0.550. The SMILES string of the molecule is CN(CCc1cccc(Br)c1)C(=O)C=O. The van der Waals surface area contributed by atoms with Crippen molar-refractivity contribution in [2.75, 3.05) is 13.6 Å². The molecule has 1 aromatic carbocycles. The topological polar surface area (TPSA) is 37.4 Å². The van der Waals surface area contributed by atoms with Gasteiger partial charge in [0.15, 0.2) is 0 Å². The van der Waals surface area contributed by atoms with E-state index in [1.54, 1.807) is 7.05 Å². The predicted octanol–water partition coefficient (Wildman–Crippen LogP) is 1.65. The Bertz CT molecular complexity index is 365. The molecular formula is C11H12BrNO2. The van der Waals surface area contributed by atoms with Crippen LogP contribution in [-0.4, -0.2) is 30.7 Å². The normalized spacial score (nSPS) is 9.73. The number of likely N-dealkylation sites (N-methyl/N-ethyl adjacent to an activating group) is 1. The number of carbonyl (C=O) groups excluding carboxylic acids is 2. The van der Waals surface area contributed by atoms with Crippen molar-refractivity contribution in [3.8, 4) is 0 Å². The van der Waals surface area contributed by atoms with Gasteiger partial charge in [0.1, 0.15) is 0 Å². The number of halogens is 1. The minimum atomic E-state index is -0.481. The van der Waals surface area contributed by atoms with Crippen LogP contribution in [0.4, 0.5) is 0 Å². The van der Waals surface area contributed by atoms with Crippen molar-refractivity contribution in [1.82, 2.24) is 4.90 Å². The fourth-order valence-corrected chi connectivity index (χ4v) is 1.64. The summed E-state index contributed by atoms with van der Waals surface area (Å²) in [7, 11) is 1.62. The molecule has 0 radical (unpaired) electrons. The number of benzene rings is 1. The largest absolute Gasteiger partial charge is 0.339 e. The van der Waals surface area contributed by atoms with Crippen LogP contribution in [0.3, 0.4) is 0 Å². The summed E-state index contributed by atoms with van der Waals surface area (Å²) in [5, 5.41) is 0. The smallest absolute Gasteiger partial charge is 0.286 e. The highest BCUT2D eigenvalue weighted by atomic mass is 79.9. The highest BCUT2D eigenvalue weighted by Crippen LogP contribution is 2.12. The van der Waals surface area contributed by atoms with E-state index in [0.717, 1.165) is 16.5 Å². The molecule has 0 saturated carbocycles. The van der Waals surface area contributed by atoms with Crippen molar-refractivity contribution in [2.24, 2.45) is 0 Å². The minimum absolute atomic E-state index is 0.334. The van der Waals surface area contributed by atoms with Crippen molar-refractivity contribution < 1.29 is 9.59 Å². The molecule has 15 heavy (non-hydrogen) atoms. The Morgan fingerprint density at radius 3 is 2.87 bits per heavy atom. The highest BCUT2D eigenvalue weighted by Gasteiger charge is 2.06. The van der Waals surface area contributed by atoms with E-state index in [1.807, 2.05) is 24.3 Å². The number of nitrogens with zero attached hydrogens (tertiary/aromatic N) is 1. The molecule has 80 valence electrons. The van der Waals surface area contributed by atoms with E-state index in [-0.39, 0.29) is 0 Å². The van der Waals surface area contributed by atoms with E-state index < -0.39 is 5.91 Å². The zero-order valence-corrected chi connectivity index (χ0v) is 10.0. The van der Waals surface area contributed by atoms with E-state index in [9.17, 15) is 9.59 Å². The van der Waals surface area contributed by atoms with Crippen molar-refractivity contribution in [3.05, 3.63) is 34.3 Å². The summed E-state index contributed by atoms with van der Waals surface area (Å²) in [6.07, 6.45) is 1.08. The second-order valence-corrected chi connectivity index (χ2v) is 4.17. The molecule has 0 spiro atoms. The van der Waals surface area contributed by atoms with Crippen LogP contribution in [0.15, 0.2) is 28.7 Å². The zero-order chi connectivity index (χ0) is 11.3. The Kier molecular flexibility index (Phi) is 4.49. The van der Waals surface area contributed by atoms with Gasteiger partial charge >= 0.3 is 0 Å². The van der Waals surface area contributed by atoms with Crippen LogP contribution in [-0.2, 0) is 16.0 Å². The van der Waals surface area contributed by atoms with Gasteiger partial charge in [-0.05, 0) is 24.1 Å². The summed E-state index contributed by atoms with van der Waals surface area (Å²) in [4.78, 5) is 22.6. The Balaban J connectivity index is 2.50. The zero-order valence-electron chi connectivity index (χ0n) is 8.44. The van der Waals surface area contributed by atoms with Crippen LogP contribution in [0.5, 0.6) is 0 Å². The number of amides is 1. The molecule has 1 aromatic rings. The summed E-state index contributed by atoms with van der Waals surface area (Å²) in [5.41, 5.74) is 1.13. The molecule has 3 nitrogen and oxygen atoms in total. The summed E-state index contributed by atoms with van der Waals surface area (Å²) in [5.74, 6) is -0.481. The maximum Gasteiger partial charge on any atom is 0.286 e. The molecule has 0 unspecified atom stereocenters. The predicted molar refractivity (Wildman–Crippen MR) is 61.5 cm³/mol. The molecule has 0 saturated heterocycles. The second-order valence-electron chi connectivity index (χ2n) is 3.26. The van der Waals surface area contributed by atoms with Crippen molar-refractivity contribution in [3.63, 3.8) is 0 Å². The fourth-order valence-electron chi connectivity index (χ4n) is 1.19. The lowest BCUT2D eigenvalue weighted by molar-refractivity contribution is -0.137. The average molecular weight is 270 g/mol. The molecule has 0 aliphatic carbocycles. The average Bonchev–Trinajstić information content (AvgIpc) is 2.25. The third kappa shape index (κ3) is 3.83. The monoisotopic (exact) mass is 269 g/mol. The molecule has 0 bridgehead atoms. The minimum Gasteiger partial charge on any atom is -0.339 e. The van der Waals surface area contributed by atoms with E-state index in [2.05, 4.69) is 15.9 Å². The Morgan fingerprint density at radius 2 is 2.27 bits per heavy atom. The Hall–Kier alpha value is -1.16. The standard InChI is InChI=1S/C11H12BrNO2/c1-13(11(15)8-14)6-5-9-3-2-4-10(12)7-9/h2-4,7-8H,5-6H2,1H3. The van der Waals surface area contributed by atoms with Gasteiger partial charge < -0.3 is 4.90 Å². The maximum atomic E-state index is 10.9. The van der Waals surface area contributed by atoms with Gasteiger partial charge in [0.2, 0.25) is 6.29 Å². The van der Waals surface area contributed by atoms with Crippen LogP contribution in [0.2, 0.25) is 0 Å². The third-order valence-corrected chi connectivity index (χ3v) is 2.60. The highest BCUT2D eigenvalue weighted by molar-refractivity contribution is 9.10. The molecule has 0 aliphatic rings. The number of hydrogen-bond acceptors (Lipinski definition) is 2. The van der Waals surface area contributed by atoms with Gasteiger partial charge in [0.05, 0.1) is 0 Å². The lowest BCUT2D eigenvalue weighted by Gasteiger charge is -2.13. The van der Waals surface area contributed by atoms with E-state index in [1.165, 1.54) is 4.90 Å². The van der Waals surface area contributed by atoms with Crippen molar-refractivity contribution in [2.45, 2.75) is 6.42 Å². The summed E-state index contributed by atoms with van der Waals surface area (Å²) >= 11 is 3.38. The molecule has 1 amide bonds. The first-order valence-corrected chi connectivity index (χ1v) is 5.37. The molecule has 1 rings (SSSR count). The molecule has 0 aromatic heterocycles. The van der Waals surface area contributed by atoms with Crippen molar-refractivity contribution >= 4 is 28.1 Å². The van der Waals surface area contributed by atoms with Crippen LogP contribution in [0.25, 0.3) is 0 Å². The lowest BCUT2D eigenvalue weighted by Crippen LogP contribution is -2.29. The van der Waals surface area contributed by atoms with Gasteiger partial charge in [0, 0.05) is 18.1 Å². The van der Waals surface area contributed by atoms with Crippen molar-refractivity contribution in [1.29, 1.82) is 0 Å². The van der Waals surface area contributed by atoms with Crippen LogP contribution in [0.1, 0.15) is 5.56 Å². The maximum absolute atomic E-state index is 10.9. The molecule has 0 N–H and O–H groups in total. The number of hydrogen-bond donors (Lipinski definition) is 0. The van der Waals surface area contributed by atoms with E-state index in [0.29, 0.717) is 12.8 Å².